The summed E-state index contributed by atoms with van der Waals surface area (Å²) in [6, 6.07) is 1.53. The molecular formula is C16H32N2. The van der Waals surface area contributed by atoms with Crippen LogP contribution in [0.15, 0.2) is 0 Å². The molecule has 1 saturated carbocycles. The van der Waals surface area contributed by atoms with Gasteiger partial charge in [0.1, 0.15) is 0 Å². The summed E-state index contributed by atoms with van der Waals surface area (Å²) < 4.78 is 0. The molecule has 0 bridgehead atoms. The molecule has 1 aliphatic heterocycles. The van der Waals surface area contributed by atoms with Crippen molar-refractivity contribution in [2.24, 2.45) is 11.3 Å². The Kier molecular flexibility index (Phi) is 4.71. The van der Waals surface area contributed by atoms with Crippen LogP contribution in [0.5, 0.6) is 0 Å². The van der Waals surface area contributed by atoms with Crippen molar-refractivity contribution in [3.63, 3.8) is 0 Å². The summed E-state index contributed by atoms with van der Waals surface area (Å²) in [5.41, 5.74) is 0.572. The van der Waals surface area contributed by atoms with Crippen LogP contribution >= 0.6 is 0 Å². The Morgan fingerprint density at radius 2 is 2.06 bits per heavy atom. The van der Waals surface area contributed by atoms with Gasteiger partial charge >= 0.3 is 0 Å². The highest BCUT2D eigenvalue weighted by Crippen LogP contribution is 2.40. The highest BCUT2D eigenvalue weighted by molar-refractivity contribution is 4.90. The lowest BCUT2D eigenvalue weighted by Crippen LogP contribution is -2.45. The second-order valence-corrected chi connectivity index (χ2v) is 7.56. The van der Waals surface area contributed by atoms with E-state index in [4.69, 9.17) is 0 Å². The second-order valence-electron chi connectivity index (χ2n) is 7.56. The molecule has 0 spiro atoms. The minimum atomic E-state index is 0.572. The largest absolute Gasteiger partial charge is 0.316 e. The average Bonchev–Trinajstić information content (AvgIpc) is 2.67. The average molecular weight is 252 g/mol. The molecule has 0 aromatic rings. The molecule has 2 fully saturated rings. The molecule has 1 saturated heterocycles. The monoisotopic (exact) mass is 252 g/mol. The molecule has 2 unspecified atom stereocenters. The van der Waals surface area contributed by atoms with Crippen LogP contribution in [-0.4, -0.2) is 36.6 Å². The molecular weight excluding hydrogens is 220 g/mol. The summed E-state index contributed by atoms with van der Waals surface area (Å²) in [6.45, 7) is 13.4. The Bertz CT molecular complexity index is 254. The number of piperidine rings is 1. The zero-order chi connectivity index (χ0) is 13.2. The maximum atomic E-state index is 3.56. The van der Waals surface area contributed by atoms with E-state index in [1.165, 1.54) is 51.7 Å². The topological polar surface area (TPSA) is 15.3 Å². The van der Waals surface area contributed by atoms with Crippen LogP contribution in [0.25, 0.3) is 0 Å². The zero-order valence-electron chi connectivity index (χ0n) is 12.8. The third-order valence-electron chi connectivity index (χ3n) is 4.94. The molecule has 18 heavy (non-hydrogen) atoms. The third kappa shape index (κ3) is 3.71. The lowest BCUT2D eigenvalue weighted by Gasteiger charge is -2.37. The van der Waals surface area contributed by atoms with Gasteiger partial charge in [-0.2, -0.15) is 0 Å². The first kappa shape index (κ1) is 14.3. The highest BCUT2D eigenvalue weighted by Gasteiger charge is 2.35. The molecule has 106 valence electrons. The Morgan fingerprint density at radius 1 is 1.28 bits per heavy atom. The van der Waals surface area contributed by atoms with Crippen molar-refractivity contribution in [1.82, 2.24) is 10.2 Å². The summed E-state index contributed by atoms with van der Waals surface area (Å²) in [6.07, 6.45) is 7.00. The van der Waals surface area contributed by atoms with E-state index in [2.05, 4.69) is 37.9 Å². The van der Waals surface area contributed by atoms with E-state index in [1.54, 1.807) is 0 Å². The van der Waals surface area contributed by atoms with Crippen molar-refractivity contribution in [3.05, 3.63) is 0 Å². The molecule has 2 atom stereocenters. The van der Waals surface area contributed by atoms with E-state index in [9.17, 15) is 0 Å². The summed E-state index contributed by atoms with van der Waals surface area (Å²) in [4.78, 5) is 2.80. The second kappa shape index (κ2) is 5.92. The van der Waals surface area contributed by atoms with Crippen LogP contribution < -0.4 is 5.32 Å². The molecule has 1 N–H and O–H groups in total. The lowest BCUT2D eigenvalue weighted by atomic mass is 9.91. The molecule has 0 radical (unpaired) electrons. The van der Waals surface area contributed by atoms with Gasteiger partial charge in [0.25, 0.3) is 0 Å². The molecule has 0 aromatic heterocycles. The van der Waals surface area contributed by atoms with Gasteiger partial charge in [-0.05, 0) is 70.4 Å². The standard InChI is InChI=1S/C16H32N2/c1-13(2)18(12-14-6-5-9-17-11-14)15-7-8-16(3,4)10-15/h13-15,17H,5-12H2,1-4H3. The first-order valence-electron chi connectivity index (χ1n) is 7.94. The van der Waals surface area contributed by atoms with Gasteiger partial charge in [-0.15, -0.1) is 0 Å². The van der Waals surface area contributed by atoms with Crippen LogP contribution in [0.3, 0.4) is 0 Å². The fraction of sp³-hybridized carbons (Fsp3) is 1.00. The normalized spacial score (nSPS) is 32.3. The van der Waals surface area contributed by atoms with Crippen LogP contribution in [0.1, 0.15) is 59.8 Å². The number of nitrogens with one attached hydrogen (secondary N) is 1. The minimum Gasteiger partial charge on any atom is -0.316 e. The van der Waals surface area contributed by atoms with Crippen molar-refractivity contribution in [1.29, 1.82) is 0 Å². The number of hydrogen-bond acceptors (Lipinski definition) is 2. The fourth-order valence-corrected chi connectivity index (χ4v) is 3.84. The van der Waals surface area contributed by atoms with E-state index < -0.39 is 0 Å². The lowest BCUT2D eigenvalue weighted by molar-refractivity contribution is 0.113. The van der Waals surface area contributed by atoms with E-state index >= 15 is 0 Å². The Hall–Kier alpha value is -0.0800. The minimum absolute atomic E-state index is 0.572. The summed E-state index contributed by atoms with van der Waals surface area (Å²) in [5, 5.41) is 3.56. The van der Waals surface area contributed by atoms with Crippen LogP contribution in [0.2, 0.25) is 0 Å². The summed E-state index contributed by atoms with van der Waals surface area (Å²) in [7, 11) is 0. The molecule has 2 rings (SSSR count). The maximum Gasteiger partial charge on any atom is 0.0103 e. The van der Waals surface area contributed by atoms with Gasteiger partial charge in [0.15, 0.2) is 0 Å². The molecule has 2 nitrogen and oxygen atoms in total. The Morgan fingerprint density at radius 3 is 2.56 bits per heavy atom. The van der Waals surface area contributed by atoms with Gasteiger partial charge in [0.05, 0.1) is 0 Å². The molecule has 2 heteroatoms. The van der Waals surface area contributed by atoms with Crippen molar-refractivity contribution in [2.45, 2.75) is 71.9 Å². The van der Waals surface area contributed by atoms with Gasteiger partial charge in [0, 0.05) is 18.6 Å². The molecule has 0 amide bonds. The molecule has 1 aliphatic carbocycles. The SMILES string of the molecule is CC(C)N(CC1CCCNC1)C1CCC(C)(C)C1. The van der Waals surface area contributed by atoms with Crippen LogP contribution in [0, 0.1) is 11.3 Å². The summed E-state index contributed by atoms with van der Waals surface area (Å²) in [5.74, 6) is 0.880. The molecule has 2 aliphatic rings. The quantitative estimate of drug-likeness (QED) is 0.826. The van der Waals surface area contributed by atoms with Gasteiger partial charge in [0.2, 0.25) is 0 Å². The Labute approximate surface area is 114 Å². The van der Waals surface area contributed by atoms with Crippen LogP contribution in [0.4, 0.5) is 0 Å². The number of nitrogens with zero attached hydrogens (tertiary/aromatic N) is 1. The third-order valence-corrected chi connectivity index (χ3v) is 4.94. The molecule has 0 aromatic carbocycles. The van der Waals surface area contributed by atoms with E-state index in [-0.39, 0.29) is 0 Å². The maximum absolute atomic E-state index is 3.56. The predicted octanol–water partition coefficient (Wildman–Crippen LogP) is 3.28. The van der Waals surface area contributed by atoms with E-state index in [0.717, 1.165) is 12.0 Å². The van der Waals surface area contributed by atoms with Crippen molar-refractivity contribution >= 4 is 0 Å². The van der Waals surface area contributed by atoms with Gasteiger partial charge in [-0.1, -0.05) is 13.8 Å². The Balaban J connectivity index is 1.91. The van der Waals surface area contributed by atoms with E-state index in [1.807, 2.05) is 0 Å². The van der Waals surface area contributed by atoms with Gasteiger partial charge in [-0.3, -0.25) is 4.90 Å². The fourth-order valence-electron chi connectivity index (χ4n) is 3.84. The highest BCUT2D eigenvalue weighted by atomic mass is 15.2. The smallest absolute Gasteiger partial charge is 0.0103 e. The van der Waals surface area contributed by atoms with E-state index in [0.29, 0.717) is 11.5 Å². The molecule has 1 heterocycles. The van der Waals surface area contributed by atoms with Crippen LogP contribution in [-0.2, 0) is 0 Å². The zero-order valence-corrected chi connectivity index (χ0v) is 12.8. The van der Waals surface area contributed by atoms with Crippen molar-refractivity contribution in [3.8, 4) is 0 Å². The van der Waals surface area contributed by atoms with Crippen molar-refractivity contribution < 1.29 is 0 Å². The van der Waals surface area contributed by atoms with Gasteiger partial charge in [-0.25, -0.2) is 0 Å². The first-order chi connectivity index (χ1) is 8.48. The number of rotatable bonds is 4. The van der Waals surface area contributed by atoms with Crippen molar-refractivity contribution in [2.75, 3.05) is 19.6 Å². The summed E-state index contributed by atoms with van der Waals surface area (Å²) >= 11 is 0. The first-order valence-corrected chi connectivity index (χ1v) is 7.94. The predicted molar refractivity (Wildman–Crippen MR) is 78.9 cm³/mol. The number of hydrogen-bond donors (Lipinski definition) is 1. The van der Waals surface area contributed by atoms with Gasteiger partial charge < -0.3 is 5.32 Å².